The molecule has 0 aliphatic rings. The van der Waals surface area contributed by atoms with Crippen molar-refractivity contribution in [2.45, 2.75) is 20.4 Å². The largest absolute Gasteiger partial charge is 0.343 e. The van der Waals surface area contributed by atoms with Crippen molar-refractivity contribution in [2.24, 2.45) is 0 Å². The van der Waals surface area contributed by atoms with Crippen molar-refractivity contribution in [1.29, 1.82) is 0 Å². The fourth-order valence-corrected chi connectivity index (χ4v) is 1.92. The Morgan fingerprint density at radius 1 is 1.18 bits per heavy atom. The van der Waals surface area contributed by atoms with Gasteiger partial charge in [0.05, 0.1) is 18.4 Å². The van der Waals surface area contributed by atoms with Crippen LogP contribution in [0.5, 0.6) is 0 Å². The number of hydrogen-bond donors (Lipinski definition) is 1. The summed E-state index contributed by atoms with van der Waals surface area (Å²) in [6, 6.07) is 1.99. The minimum atomic E-state index is 0.728. The van der Waals surface area contributed by atoms with Crippen LogP contribution in [-0.4, -0.2) is 29.7 Å². The highest BCUT2D eigenvalue weighted by Gasteiger charge is 2.08. The van der Waals surface area contributed by atoms with E-state index in [-0.39, 0.29) is 0 Å². The van der Waals surface area contributed by atoms with Crippen molar-refractivity contribution >= 4 is 11.2 Å². The van der Waals surface area contributed by atoms with Crippen LogP contribution in [0.15, 0.2) is 18.6 Å². The molecule has 1 N–H and O–H groups in total. The number of aryl methyl sites for hydroxylation is 2. The van der Waals surface area contributed by atoms with Crippen LogP contribution in [0, 0.1) is 13.8 Å². The second kappa shape index (κ2) is 3.65. The molecule has 3 aromatic heterocycles. The third kappa shape index (κ3) is 1.57. The number of fused-ring (bicyclic) bond motifs is 1. The first-order valence-corrected chi connectivity index (χ1v) is 5.39. The van der Waals surface area contributed by atoms with E-state index in [1.54, 1.807) is 12.5 Å². The van der Waals surface area contributed by atoms with Crippen molar-refractivity contribution in [3.8, 4) is 0 Å². The average molecular weight is 228 g/mol. The highest BCUT2D eigenvalue weighted by molar-refractivity contribution is 5.73. The predicted octanol–water partition coefficient (Wildman–Crippen LogP) is 1.21. The summed E-state index contributed by atoms with van der Waals surface area (Å²) < 4.78 is 2.07. The lowest BCUT2D eigenvalue weighted by Crippen LogP contribution is -2.05. The first-order chi connectivity index (χ1) is 8.25. The number of hydrogen-bond acceptors (Lipinski definition) is 4. The van der Waals surface area contributed by atoms with E-state index in [9.17, 15) is 0 Å². The average Bonchev–Trinajstić information content (AvgIpc) is 2.91. The topological polar surface area (TPSA) is 72.3 Å². The standard InChI is InChI=1S/C11H12N6/c1-7-15-16-8(2)17(7)5-9-3-4-12-11-10(9)13-6-14-11/h3-4,6H,5H2,1-2H3,(H,12,13,14). The van der Waals surface area contributed by atoms with E-state index in [1.807, 2.05) is 19.9 Å². The summed E-state index contributed by atoms with van der Waals surface area (Å²) in [4.78, 5) is 11.5. The first-order valence-electron chi connectivity index (χ1n) is 5.39. The summed E-state index contributed by atoms with van der Waals surface area (Å²) in [6.07, 6.45) is 3.43. The molecule has 0 aliphatic carbocycles. The third-order valence-electron chi connectivity index (χ3n) is 2.86. The highest BCUT2D eigenvalue weighted by Crippen LogP contribution is 2.14. The van der Waals surface area contributed by atoms with Gasteiger partial charge >= 0.3 is 0 Å². The molecule has 0 aromatic carbocycles. The smallest absolute Gasteiger partial charge is 0.177 e. The molecule has 0 fully saturated rings. The second-order valence-corrected chi connectivity index (χ2v) is 3.95. The van der Waals surface area contributed by atoms with E-state index in [4.69, 9.17) is 0 Å². The van der Waals surface area contributed by atoms with Crippen LogP contribution in [0.3, 0.4) is 0 Å². The molecule has 6 nitrogen and oxygen atoms in total. The van der Waals surface area contributed by atoms with Gasteiger partial charge in [0.25, 0.3) is 0 Å². The van der Waals surface area contributed by atoms with Gasteiger partial charge in [-0.25, -0.2) is 9.97 Å². The molecule has 0 bridgehead atoms. The number of aromatic amines is 1. The predicted molar refractivity (Wildman–Crippen MR) is 62.5 cm³/mol. The monoisotopic (exact) mass is 228 g/mol. The van der Waals surface area contributed by atoms with Crippen LogP contribution in [-0.2, 0) is 6.54 Å². The quantitative estimate of drug-likeness (QED) is 0.715. The maximum absolute atomic E-state index is 4.19. The maximum atomic E-state index is 4.19. The summed E-state index contributed by atoms with van der Waals surface area (Å²) in [7, 11) is 0. The van der Waals surface area contributed by atoms with Crippen LogP contribution in [0.25, 0.3) is 11.2 Å². The molecule has 0 unspecified atom stereocenters. The first kappa shape index (κ1) is 9.95. The number of imidazole rings is 1. The van der Waals surface area contributed by atoms with Gasteiger partial charge in [0, 0.05) is 11.8 Å². The molecule has 3 rings (SSSR count). The van der Waals surface area contributed by atoms with E-state index in [1.165, 1.54) is 0 Å². The van der Waals surface area contributed by atoms with Crippen molar-refractivity contribution < 1.29 is 0 Å². The summed E-state index contributed by atoms with van der Waals surface area (Å²) in [5.74, 6) is 1.82. The molecule has 0 aliphatic heterocycles. The number of H-pyrrole nitrogens is 1. The Balaban J connectivity index is 2.08. The molecule has 17 heavy (non-hydrogen) atoms. The molecule has 86 valence electrons. The Labute approximate surface area is 97.7 Å². The minimum Gasteiger partial charge on any atom is -0.343 e. The van der Waals surface area contributed by atoms with E-state index in [0.29, 0.717) is 0 Å². The summed E-state index contributed by atoms with van der Waals surface area (Å²) in [5.41, 5.74) is 2.85. The lowest BCUT2D eigenvalue weighted by molar-refractivity contribution is 0.737. The molecule has 6 heteroatoms. The molecule has 0 radical (unpaired) electrons. The lowest BCUT2D eigenvalue weighted by Gasteiger charge is -2.06. The van der Waals surface area contributed by atoms with Gasteiger partial charge in [-0.05, 0) is 19.9 Å². The Morgan fingerprint density at radius 2 is 1.94 bits per heavy atom. The number of nitrogens with zero attached hydrogens (tertiary/aromatic N) is 5. The minimum absolute atomic E-state index is 0.728. The van der Waals surface area contributed by atoms with Gasteiger partial charge < -0.3 is 9.55 Å². The third-order valence-corrected chi connectivity index (χ3v) is 2.86. The van der Waals surface area contributed by atoms with Crippen molar-refractivity contribution in [3.63, 3.8) is 0 Å². The van der Waals surface area contributed by atoms with Gasteiger partial charge in [-0.3, -0.25) is 0 Å². The fraction of sp³-hybridized carbons (Fsp3) is 0.273. The fourth-order valence-electron chi connectivity index (χ4n) is 1.92. The zero-order chi connectivity index (χ0) is 11.8. The van der Waals surface area contributed by atoms with Crippen LogP contribution < -0.4 is 0 Å². The van der Waals surface area contributed by atoms with E-state index in [2.05, 4.69) is 29.7 Å². The van der Waals surface area contributed by atoms with E-state index in [0.717, 1.165) is 34.9 Å². The van der Waals surface area contributed by atoms with E-state index < -0.39 is 0 Å². The van der Waals surface area contributed by atoms with Gasteiger partial charge in [-0.15, -0.1) is 10.2 Å². The molecule has 0 atom stereocenters. The maximum Gasteiger partial charge on any atom is 0.177 e. The lowest BCUT2D eigenvalue weighted by atomic mass is 10.2. The summed E-state index contributed by atoms with van der Waals surface area (Å²) in [5, 5.41) is 8.10. The number of nitrogens with one attached hydrogen (secondary N) is 1. The second-order valence-electron chi connectivity index (χ2n) is 3.95. The van der Waals surface area contributed by atoms with Gasteiger partial charge in [0.2, 0.25) is 0 Å². The molecule has 3 heterocycles. The SMILES string of the molecule is Cc1nnc(C)n1Cc1ccnc2nc[nH]c12. The van der Waals surface area contributed by atoms with Crippen molar-refractivity contribution in [1.82, 2.24) is 29.7 Å². The van der Waals surface area contributed by atoms with Crippen LogP contribution in [0.2, 0.25) is 0 Å². The van der Waals surface area contributed by atoms with Gasteiger partial charge in [0.15, 0.2) is 5.65 Å². The Bertz CT molecular complexity index is 646. The number of rotatable bonds is 2. The van der Waals surface area contributed by atoms with Crippen LogP contribution in [0.4, 0.5) is 0 Å². The number of aromatic nitrogens is 6. The molecule has 0 saturated heterocycles. The highest BCUT2D eigenvalue weighted by atomic mass is 15.3. The molecule has 0 saturated carbocycles. The Morgan fingerprint density at radius 3 is 2.71 bits per heavy atom. The normalized spacial score (nSPS) is 11.2. The molecule has 3 aromatic rings. The Kier molecular flexibility index (Phi) is 2.14. The molecule has 0 spiro atoms. The van der Waals surface area contributed by atoms with Crippen molar-refractivity contribution in [3.05, 3.63) is 35.8 Å². The molecular weight excluding hydrogens is 216 g/mol. The zero-order valence-electron chi connectivity index (χ0n) is 9.68. The molecule has 0 amide bonds. The van der Waals surface area contributed by atoms with Crippen LogP contribution >= 0.6 is 0 Å². The van der Waals surface area contributed by atoms with Gasteiger partial charge in [-0.2, -0.15) is 0 Å². The summed E-state index contributed by atoms with van der Waals surface area (Å²) in [6.45, 7) is 4.63. The molecular formula is C11H12N6. The van der Waals surface area contributed by atoms with Crippen molar-refractivity contribution in [2.75, 3.05) is 0 Å². The summed E-state index contributed by atoms with van der Waals surface area (Å²) >= 11 is 0. The Hall–Kier alpha value is -2.24. The number of pyridine rings is 1. The van der Waals surface area contributed by atoms with Crippen LogP contribution in [0.1, 0.15) is 17.2 Å². The van der Waals surface area contributed by atoms with Gasteiger partial charge in [0.1, 0.15) is 11.6 Å². The van der Waals surface area contributed by atoms with Gasteiger partial charge in [-0.1, -0.05) is 0 Å². The van der Waals surface area contributed by atoms with E-state index >= 15 is 0 Å². The zero-order valence-corrected chi connectivity index (χ0v) is 9.68.